The van der Waals surface area contributed by atoms with E-state index in [-0.39, 0.29) is 35.9 Å². The third kappa shape index (κ3) is 5.77. The van der Waals surface area contributed by atoms with Crippen LogP contribution in [0.2, 0.25) is 0 Å². The van der Waals surface area contributed by atoms with E-state index in [4.69, 9.17) is 4.74 Å². The first-order valence-electron chi connectivity index (χ1n) is 8.50. The van der Waals surface area contributed by atoms with Crippen LogP contribution in [0.3, 0.4) is 0 Å². The lowest BCUT2D eigenvalue weighted by Gasteiger charge is -2.37. The van der Waals surface area contributed by atoms with Crippen molar-refractivity contribution in [2.24, 2.45) is 10.9 Å². The van der Waals surface area contributed by atoms with Crippen LogP contribution in [-0.4, -0.2) is 60.3 Å². The maximum absolute atomic E-state index is 11.9. The van der Waals surface area contributed by atoms with Gasteiger partial charge in [0.05, 0.1) is 24.7 Å². The minimum atomic E-state index is -0.614. The van der Waals surface area contributed by atoms with Crippen LogP contribution in [0.4, 0.5) is 0 Å². The van der Waals surface area contributed by atoms with Crippen molar-refractivity contribution in [2.75, 3.05) is 32.8 Å². The number of guanidine groups is 1. The summed E-state index contributed by atoms with van der Waals surface area (Å²) in [5.74, 6) is 0.613. The topological polar surface area (TPSA) is 74.2 Å². The predicted octanol–water partition coefficient (Wildman–Crippen LogP) is 1.76. The minimum Gasteiger partial charge on any atom is -0.466 e. The molecule has 0 bridgehead atoms. The van der Waals surface area contributed by atoms with E-state index in [2.05, 4.69) is 15.2 Å². The Balaban J connectivity index is 0.00000264. The number of nitrogens with one attached hydrogen (secondary N) is 1. The van der Waals surface area contributed by atoms with Crippen LogP contribution in [-0.2, 0) is 9.53 Å². The SMILES string of the molecule is CCNC(=NCC1(O)CCC1)N1CCCC(C(=O)OCC)C1.I. The van der Waals surface area contributed by atoms with Gasteiger partial charge < -0.3 is 20.1 Å². The fraction of sp³-hybridized carbons (Fsp3) is 0.875. The number of nitrogens with zero attached hydrogens (tertiary/aromatic N) is 2. The molecule has 1 heterocycles. The second-order valence-corrected chi connectivity index (χ2v) is 6.29. The Labute approximate surface area is 156 Å². The lowest BCUT2D eigenvalue weighted by molar-refractivity contribution is -0.149. The quantitative estimate of drug-likeness (QED) is 0.296. The van der Waals surface area contributed by atoms with E-state index in [0.29, 0.717) is 19.7 Å². The number of hydrogen-bond acceptors (Lipinski definition) is 4. The van der Waals surface area contributed by atoms with Crippen LogP contribution in [0.5, 0.6) is 0 Å². The van der Waals surface area contributed by atoms with E-state index in [9.17, 15) is 9.90 Å². The summed E-state index contributed by atoms with van der Waals surface area (Å²) in [4.78, 5) is 18.7. The molecule has 23 heavy (non-hydrogen) atoms. The number of aliphatic hydroxyl groups is 1. The van der Waals surface area contributed by atoms with Gasteiger partial charge in [0.2, 0.25) is 0 Å². The number of hydrogen-bond donors (Lipinski definition) is 2. The molecule has 2 aliphatic rings. The highest BCUT2D eigenvalue weighted by atomic mass is 127. The number of esters is 1. The monoisotopic (exact) mass is 439 g/mol. The molecule has 1 aliphatic heterocycles. The summed E-state index contributed by atoms with van der Waals surface area (Å²) < 4.78 is 5.14. The zero-order valence-corrected chi connectivity index (χ0v) is 16.5. The zero-order valence-electron chi connectivity index (χ0n) is 14.2. The molecule has 1 atom stereocenters. The zero-order chi connectivity index (χ0) is 16.0. The van der Waals surface area contributed by atoms with Crippen LogP contribution in [0, 0.1) is 5.92 Å². The molecule has 6 nitrogen and oxygen atoms in total. The van der Waals surface area contributed by atoms with Gasteiger partial charge >= 0.3 is 5.97 Å². The number of carbonyl (C=O) groups is 1. The maximum atomic E-state index is 11.9. The molecule has 0 spiro atoms. The van der Waals surface area contributed by atoms with Gasteiger partial charge in [-0.2, -0.15) is 0 Å². The van der Waals surface area contributed by atoms with Crippen molar-refractivity contribution in [1.82, 2.24) is 10.2 Å². The molecule has 0 radical (unpaired) electrons. The Bertz CT molecular complexity index is 413. The third-order valence-corrected chi connectivity index (χ3v) is 4.48. The molecule has 2 fully saturated rings. The Morgan fingerprint density at radius 1 is 1.39 bits per heavy atom. The number of carbonyl (C=O) groups excluding carboxylic acids is 1. The molecule has 2 rings (SSSR count). The van der Waals surface area contributed by atoms with Crippen LogP contribution in [0.1, 0.15) is 46.0 Å². The highest BCUT2D eigenvalue weighted by Crippen LogP contribution is 2.31. The molecule has 0 amide bonds. The first-order chi connectivity index (χ1) is 10.6. The molecular weight excluding hydrogens is 409 g/mol. The van der Waals surface area contributed by atoms with Crippen molar-refractivity contribution in [3.05, 3.63) is 0 Å². The van der Waals surface area contributed by atoms with Gasteiger partial charge in [0.1, 0.15) is 0 Å². The number of ether oxygens (including phenoxy) is 1. The average molecular weight is 439 g/mol. The maximum Gasteiger partial charge on any atom is 0.310 e. The predicted molar refractivity (Wildman–Crippen MR) is 101 cm³/mol. The van der Waals surface area contributed by atoms with Gasteiger partial charge in [-0.1, -0.05) is 0 Å². The second-order valence-electron chi connectivity index (χ2n) is 6.29. The Morgan fingerprint density at radius 2 is 2.13 bits per heavy atom. The van der Waals surface area contributed by atoms with Gasteiger partial charge in [0, 0.05) is 19.6 Å². The molecule has 0 aromatic heterocycles. The standard InChI is InChI=1S/C16H29N3O3.HI/c1-3-17-15(18-12-16(21)8-6-9-16)19-10-5-7-13(11-19)14(20)22-4-2;/h13,21H,3-12H2,1-2H3,(H,17,18);1H. The number of piperidine rings is 1. The molecule has 1 unspecified atom stereocenters. The number of likely N-dealkylation sites (tertiary alicyclic amines) is 1. The van der Waals surface area contributed by atoms with E-state index in [0.717, 1.165) is 51.2 Å². The minimum absolute atomic E-state index is 0. The highest BCUT2D eigenvalue weighted by Gasteiger charge is 2.35. The van der Waals surface area contributed by atoms with Gasteiger partial charge in [0.25, 0.3) is 0 Å². The fourth-order valence-electron chi connectivity index (χ4n) is 3.01. The molecular formula is C16H30IN3O3. The highest BCUT2D eigenvalue weighted by molar-refractivity contribution is 14.0. The normalized spacial score (nSPS) is 23.5. The van der Waals surface area contributed by atoms with Crippen LogP contribution < -0.4 is 5.32 Å². The summed E-state index contributed by atoms with van der Waals surface area (Å²) in [5.41, 5.74) is -0.614. The molecule has 1 saturated heterocycles. The summed E-state index contributed by atoms with van der Waals surface area (Å²) >= 11 is 0. The molecule has 0 aromatic rings. The molecule has 2 N–H and O–H groups in total. The summed E-state index contributed by atoms with van der Waals surface area (Å²) in [6.45, 7) is 7.04. The lowest BCUT2D eigenvalue weighted by Crippen LogP contribution is -2.49. The van der Waals surface area contributed by atoms with E-state index >= 15 is 0 Å². The Morgan fingerprint density at radius 3 is 2.70 bits per heavy atom. The molecule has 0 aromatic carbocycles. The van der Waals surface area contributed by atoms with Gasteiger partial charge in [-0.3, -0.25) is 9.79 Å². The summed E-state index contributed by atoms with van der Waals surface area (Å²) in [5, 5.41) is 13.5. The van der Waals surface area contributed by atoms with E-state index < -0.39 is 5.60 Å². The van der Waals surface area contributed by atoms with Crippen LogP contribution >= 0.6 is 24.0 Å². The van der Waals surface area contributed by atoms with Gasteiger partial charge in [0.15, 0.2) is 5.96 Å². The van der Waals surface area contributed by atoms with Crippen molar-refractivity contribution in [1.29, 1.82) is 0 Å². The second kappa shape index (κ2) is 9.66. The van der Waals surface area contributed by atoms with Crippen molar-refractivity contribution in [3.8, 4) is 0 Å². The molecule has 7 heteroatoms. The van der Waals surface area contributed by atoms with Crippen LogP contribution in [0.25, 0.3) is 0 Å². The first-order valence-corrected chi connectivity index (χ1v) is 8.50. The van der Waals surface area contributed by atoms with Crippen LogP contribution in [0.15, 0.2) is 4.99 Å². The smallest absolute Gasteiger partial charge is 0.310 e. The Hall–Kier alpha value is -0.570. The molecule has 134 valence electrons. The number of aliphatic imine (C=N–C) groups is 1. The number of rotatable bonds is 5. The summed E-state index contributed by atoms with van der Waals surface area (Å²) in [6.07, 6.45) is 4.58. The fourth-order valence-corrected chi connectivity index (χ4v) is 3.01. The molecule has 1 saturated carbocycles. The van der Waals surface area contributed by atoms with Crippen molar-refractivity contribution in [3.63, 3.8) is 0 Å². The van der Waals surface area contributed by atoms with E-state index in [1.807, 2.05) is 13.8 Å². The largest absolute Gasteiger partial charge is 0.466 e. The lowest BCUT2D eigenvalue weighted by atomic mass is 9.80. The summed E-state index contributed by atoms with van der Waals surface area (Å²) in [6, 6.07) is 0. The molecule has 1 aliphatic carbocycles. The summed E-state index contributed by atoms with van der Waals surface area (Å²) in [7, 11) is 0. The third-order valence-electron chi connectivity index (χ3n) is 4.48. The van der Waals surface area contributed by atoms with Gasteiger partial charge in [-0.15, -0.1) is 24.0 Å². The first kappa shape index (κ1) is 20.5. The van der Waals surface area contributed by atoms with Crippen molar-refractivity contribution in [2.45, 2.75) is 51.6 Å². The van der Waals surface area contributed by atoms with E-state index in [1.165, 1.54) is 0 Å². The van der Waals surface area contributed by atoms with Crippen molar-refractivity contribution >= 4 is 35.9 Å². The van der Waals surface area contributed by atoms with Crippen molar-refractivity contribution < 1.29 is 14.6 Å². The number of halogens is 1. The Kier molecular flexibility index (Phi) is 8.60. The van der Waals surface area contributed by atoms with Gasteiger partial charge in [-0.25, -0.2) is 0 Å². The van der Waals surface area contributed by atoms with Gasteiger partial charge in [-0.05, 0) is 46.0 Å². The van der Waals surface area contributed by atoms with E-state index in [1.54, 1.807) is 0 Å². The average Bonchev–Trinajstić information content (AvgIpc) is 2.50.